The Labute approximate surface area is 123 Å². The van der Waals surface area contributed by atoms with Gasteiger partial charge in [0.15, 0.2) is 0 Å². The second-order valence-corrected chi connectivity index (χ2v) is 5.42. The zero-order valence-electron chi connectivity index (χ0n) is 13.0. The van der Waals surface area contributed by atoms with Gasteiger partial charge in [-0.2, -0.15) is 0 Å². The maximum atomic E-state index is 12.1. The summed E-state index contributed by atoms with van der Waals surface area (Å²) in [4.78, 5) is 12.1. The number of unbranched alkanes of at least 4 members (excludes halogenated alkanes) is 3. The van der Waals surface area contributed by atoms with E-state index in [0.717, 1.165) is 38.6 Å². The predicted octanol–water partition coefficient (Wildman–Crippen LogP) is 4.42. The number of ether oxygens (including phenoxy) is 1. The van der Waals surface area contributed by atoms with Gasteiger partial charge in [0, 0.05) is 12.4 Å². The van der Waals surface area contributed by atoms with Gasteiger partial charge in [0.25, 0.3) is 0 Å². The van der Waals surface area contributed by atoms with Crippen LogP contribution >= 0.6 is 0 Å². The van der Waals surface area contributed by atoms with Crippen molar-refractivity contribution in [1.82, 2.24) is 4.57 Å². The fourth-order valence-corrected chi connectivity index (χ4v) is 2.36. The number of hydrogen-bond donors (Lipinski definition) is 0. The van der Waals surface area contributed by atoms with Gasteiger partial charge in [-0.05, 0) is 25.0 Å². The van der Waals surface area contributed by atoms with Gasteiger partial charge in [0.2, 0.25) is 0 Å². The third-order valence-corrected chi connectivity index (χ3v) is 3.66. The second kappa shape index (κ2) is 10.5. The lowest BCUT2D eigenvalue weighted by atomic mass is 9.96. The quantitative estimate of drug-likeness (QED) is 0.443. The summed E-state index contributed by atoms with van der Waals surface area (Å²) in [5.41, 5.74) is 0. The van der Waals surface area contributed by atoms with E-state index in [2.05, 4.69) is 13.8 Å². The Kier molecular flexibility index (Phi) is 8.84. The molecular formula is C17H29NO2. The third kappa shape index (κ3) is 6.78. The highest BCUT2D eigenvalue weighted by Gasteiger charge is 2.18. The Morgan fingerprint density at radius 1 is 1.05 bits per heavy atom. The monoisotopic (exact) mass is 279 g/mol. The molecule has 1 unspecified atom stereocenters. The van der Waals surface area contributed by atoms with Gasteiger partial charge in [-0.25, -0.2) is 0 Å². The predicted molar refractivity (Wildman–Crippen MR) is 82.5 cm³/mol. The van der Waals surface area contributed by atoms with Crippen LogP contribution in [0.4, 0.5) is 0 Å². The first-order valence-corrected chi connectivity index (χ1v) is 8.05. The normalized spacial score (nSPS) is 12.3. The maximum absolute atomic E-state index is 12.1. The highest BCUT2D eigenvalue weighted by Crippen LogP contribution is 2.18. The average Bonchev–Trinajstić information content (AvgIpc) is 2.95. The van der Waals surface area contributed by atoms with Crippen LogP contribution in [0, 0.1) is 5.92 Å². The van der Waals surface area contributed by atoms with E-state index in [4.69, 9.17) is 4.74 Å². The van der Waals surface area contributed by atoms with Crippen molar-refractivity contribution in [3.63, 3.8) is 0 Å². The van der Waals surface area contributed by atoms with Crippen LogP contribution in [0.1, 0.15) is 58.8 Å². The first kappa shape index (κ1) is 16.8. The molecule has 0 aromatic carbocycles. The van der Waals surface area contributed by atoms with E-state index >= 15 is 0 Å². The van der Waals surface area contributed by atoms with Crippen molar-refractivity contribution in [3.8, 4) is 0 Å². The van der Waals surface area contributed by atoms with E-state index in [-0.39, 0.29) is 11.9 Å². The molecule has 1 rings (SSSR count). The van der Waals surface area contributed by atoms with Gasteiger partial charge in [-0.15, -0.1) is 0 Å². The molecule has 0 N–H and O–H groups in total. The first-order valence-electron chi connectivity index (χ1n) is 8.05. The fraction of sp³-hybridized carbons (Fsp3) is 0.706. The van der Waals surface area contributed by atoms with Crippen molar-refractivity contribution in [3.05, 3.63) is 24.5 Å². The molecule has 0 saturated heterocycles. The van der Waals surface area contributed by atoms with Crippen molar-refractivity contribution >= 4 is 5.97 Å². The molecule has 1 aromatic heterocycles. The fourth-order valence-electron chi connectivity index (χ4n) is 2.36. The van der Waals surface area contributed by atoms with Gasteiger partial charge in [-0.3, -0.25) is 4.79 Å². The molecule has 0 saturated carbocycles. The minimum absolute atomic E-state index is 0.00158. The summed E-state index contributed by atoms with van der Waals surface area (Å²) in [5.74, 6) is 0.105. The summed E-state index contributed by atoms with van der Waals surface area (Å²) < 4.78 is 7.48. The third-order valence-electron chi connectivity index (χ3n) is 3.66. The standard InChI is InChI=1S/C17H29NO2/c1-3-5-7-11-16(10-6-4-2)17(19)20-15-14-18-12-8-9-13-18/h8-9,12-13,16H,3-7,10-11,14-15H2,1-2H3. The molecule has 1 heterocycles. The number of carbonyl (C=O) groups is 1. The molecule has 0 amide bonds. The van der Waals surface area contributed by atoms with Crippen molar-refractivity contribution in [2.45, 2.75) is 65.3 Å². The van der Waals surface area contributed by atoms with Crippen LogP contribution in [0.15, 0.2) is 24.5 Å². The lowest BCUT2D eigenvalue weighted by molar-refractivity contribution is -0.149. The minimum atomic E-state index is 0.00158. The molecule has 1 atom stereocenters. The molecule has 0 aliphatic carbocycles. The highest BCUT2D eigenvalue weighted by atomic mass is 16.5. The van der Waals surface area contributed by atoms with Crippen LogP contribution in [0.5, 0.6) is 0 Å². The number of aromatic nitrogens is 1. The Balaban J connectivity index is 2.29. The van der Waals surface area contributed by atoms with E-state index in [9.17, 15) is 4.79 Å². The SMILES string of the molecule is CCCCCC(CCCC)C(=O)OCCn1cccc1. The van der Waals surface area contributed by atoms with Gasteiger partial charge in [0.05, 0.1) is 12.5 Å². The zero-order chi connectivity index (χ0) is 14.6. The molecule has 0 fully saturated rings. The molecule has 3 heteroatoms. The van der Waals surface area contributed by atoms with Crippen molar-refractivity contribution in [2.24, 2.45) is 5.92 Å². The Bertz CT molecular complexity index is 346. The van der Waals surface area contributed by atoms with Crippen LogP contribution < -0.4 is 0 Å². The van der Waals surface area contributed by atoms with E-state index in [0.29, 0.717) is 6.61 Å². The Morgan fingerprint density at radius 3 is 2.35 bits per heavy atom. The smallest absolute Gasteiger partial charge is 0.308 e. The number of esters is 1. The van der Waals surface area contributed by atoms with E-state index < -0.39 is 0 Å². The second-order valence-electron chi connectivity index (χ2n) is 5.42. The van der Waals surface area contributed by atoms with E-state index in [1.807, 2.05) is 29.1 Å². The van der Waals surface area contributed by atoms with E-state index in [1.54, 1.807) is 0 Å². The molecular weight excluding hydrogens is 250 g/mol. The van der Waals surface area contributed by atoms with Gasteiger partial charge in [0.1, 0.15) is 6.61 Å². The number of rotatable bonds is 11. The molecule has 0 spiro atoms. The van der Waals surface area contributed by atoms with Crippen LogP contribution in [0.3, 0.4) is 0 Å². The average molecular weight is 279 g/mol. The topological polar surface area (TPSA) is 31.2 Å². The van der Waals surface area contributed by atoms with Crippen LogP contribution in [0.2, 0.25) is 0 Å². The van der Waals surface area contributed by atoms with Crippen LogP contribution in [-0.2, 0) is 16.1 Å². The number of hydrogen-bond acceptors (Lipinski definition) is 2. The Morgan fingerprint density at radius 2 is 1.70 bits per heavy atom. The summed E-state index contributed by atoms with van der Waals surface area (Å²) in [6, 6.07) is 3.97. The molecule has 20 heavy (non-hydrogen) atoms. The molecule has 114 valence electrons. The molecule has 1 aromatic rings. The van der Waals surface area contributed by atoms with Crippen LogP contribution in [0.25, 0.3) is 0 Å². The summed E-state index contributed by atoms with van der Waals surface area (Å²) in [7, 11) is 0. The van der Waals surface area contributed by atoms with Gasteiger partial charge in [-0.1, -0.05) is 46.0 Å². The molecule has 3 nitrogen and oxygen atoms in total. The Hall–Kier alpha value is -1.25. The van der Waals surface area contributed by atoms with Gasteiger partial charge >= 0.3 is 5.97 Å². The van der Waals surface area contributed by atoms with Gasteiger partial charge < -0.3 is 9.30 Å². The first-order chi connectivity index (χ1) is 9.77. The summed E-state index contributed by atoms with van der Waals surface area (Å²) >= 11 is 0. The molecule has 0 radical (unpaired) electrons. The molecule has 0 aliphatic rings. The van der Waals surface area contributed by atoms with Crippen LogP contribution in [-0.4, -0.2) is 17.1 Å². The summed E-state index contributed by atoms with van der Waals surface area (Å²) in [6.45, 7) is 5.58. The lowest BCUT2D eigenvalue weighted by Gasteiger charge is -2.15. The maximum Gasteiger partial charge on any atom is 0.308 e. The number of nitrogens with zero attached hydrogens (tertiary/aromatic N) is 1. The van der Waals surface area contributed by atoms with Crippen molar-refractivity contribution in [2.75, 3.05) is 6.61 Å². The molecule has 0 aliphatic heterocycles. The van der Waals surface area contributed by atoms with Crippen molar-refractivity contribution < 1.29 is 9.53 Å². The van der Waals surface area contributed by atoms with Crippen molar-refractivity contribution in [1.29, 1.82) is 0 Å². The largest absolute Gasteiger partial charge is 0.464 e. The summed E-state index contributed by atoms with van der Waals surface area (Å²) in [5, 5.41) is 0. The molecule has 0 bridgehead atoms. The summed E-state index contributed by atoms with van der Waals surface area (Å²) in [6.07, 6.45) is 11.7. The lowest BCUT2D eigenvalue weighted by Crippen LogP contribution is -2.20. The number of carbonyl (C=O) groups excluding carboxylic acids is 1. The zero-order valence-corrected chi connectivity index (χ0v) is 13.0. The minimum Gasteiger partial charge on any atom is -0.464 e. The van der Waals surface area contributed by atoms with E-state index in [1.165, 1.54) is 12.8 Å². The highest BCUT2D eigenvalue weighted by molar-refractivity contribution is 5.72.